The number of anilines is 1. The monoisotopic (exact) mass is 361 g/mol. The van der Waals surface area contributed by atoms with E-state index in [-0.39, 0.29) is 5.56 Å². The van der Waals surface area contributed by atoms with Crippen LogP contribution in [0.5, 0.6) is 0 Å². The number of halogens is 6. The number of carboxylic acids is 1. The molecule has 0 aromatic heterocycles. The van der Waals surface area contributed by atoms with E-state index in [1.165, 1.54) is 6.07 Å². The van der Waals surface area contributed by atoms with Crippen LogP contribution in [0.4, 0.5) is 32.0 Å². The molecule has 0 fully saturated rings. The summed E-state index contributed by atoms with van der Waals surface area (Å²) in [6, 6.07) is 4.95. The van der Waals surface area contributed by atoms with E-state index in [4.69, 9.17) is 10.8 Å². The van der Waals surface area contributed by atoms with Crippen molar-refractivity contribution in [2.24, 2.45) is 0 Å². The molecule has 1 aromatic rings. The third-order valence-corrected chi connectivity index (χ3v) is 2.20. The number of para-hydroxylation sites is 1. The molecule has 1 aromatic carbocycles. The Morgan fingerprint density at radius 1 is 1.00 bits per heavy atom. The summed E-state index contributed by atoms with van der Waals surface area (Å²) in [5, 5.41) is 8.61. The Bertz CT molecular complexity index is 614. The molecule has 0 saturated heterocycles. The van der Waals surface area contributed by atoms with Gasteiger partial charge in [-0.3, -0.25) is 0 Å². The highest BCUT2D eigenvalue weighted by Gasteiger charge is 2.49. The summed E-state index contributed by atoms with van der Waals surface area (Å²) in [5.41, 5.74) is 6.82. The number of alkyl halides is 6. The minimum Gasteiger partial charge on any atom is -0.478 e. The number of aryl methyl sites for hydroxylation is 1. The van der Waals surface area contributed by atoms with Crippen LogP contribution >= 0.6 is 0 Å². The van der Waals surface area contributed by atoms with Crippen molar-refractivity contribution in [1.29, 1.82) is 0 Å². The van der Waals surface area contributed by atoms with Gasteiger partial charge in [-0.15, -0.1) is 0 Å². The van der Waals surface area contributed by atoms with Crippen LogP contribution in [0.15, 0.2) is 18.2 Å². The van der Waals surface area contributed by atoms with Gasteiger partial charge in [0.1, 0.15) is 0 Å². The van der Waals surface area contributed by atoms with E-state index >= 15 is 0 Å². The van der Waals surface area contributed by atoms with Crippen LogP contribution in [-0.4, -0.2) is 35.4 Å². The van der Waals surface area contributed by atoms with Gasteiger partial charge in [0, 0.05) is 5.69 Å². The summed E-state index contributed by atoms with van der Waals surface area (Å²) in [6.45, 7) is 1.78. The van der Waals surface area contributed by atoms with Gasteiger partial charge >= 0.3 is 30.3 Å². The number of benzene rings is 1. The van der Waals surface area contributed by atoms with Gasteiger partial charge in [-0.2, -0.15) is 26.3 Å². The molecule has 0 heterocycles. The van der Waals surface area contributed by atoms with E-state index in [2.05, 4.69) is 4.74 Å². The maximum Gasteiger partial charge on any atom is 0.491 e. The van der Waals surface area contributed by atoms with Crippen LogP contribution < -0.4 is 5.73 Å². The van der Waals surface area contributed by atoms with Crippen molar-refractivity contribution in [2.45, 2.75) is 19.3 Å². The number of nitrogens with two attached hydrogens (primary N) is 1. The summed E-state index contributed by atoms with van der Waals surface area (Å²) in [5.74, 6) is -7.38. The lowest BCUT2D eigenvalue weighted by Crippen LogP contribution is -2.34. The van der Waals surface area contributed by atoms with Crippen LogP contribution in [0.3, 0.4) is 0 Å². The molecular weight excluding hydrogens is 352 g/mol. The van der Waals surface area contributed by atoms with Crippen molar-refractivity contribution in [3.63, 3.8) is 0 Å². The number of ether oxygens (including phenoxy) is 1. The van der Waals surface area contributed by atoms with Crippen LogP contribution in [0.1, 0.15) is 15.9 Å². The molecule has 0 radical (unpaired) electrons. The van der Waals surface area contributed by atoms with E-state index in [9.17, 15) is 40.7 Å². The summed E-state index contributed by atoms with van der Waals surface area (Å²) in [7, 11) is 0. The number of carboxylic acid groups (broad SMARTS) is 1. The predicted octanol–water partition coefficient (Wildman–Crippen LogP) is 2.46. The lowest BCUT2D eigenvalue weighted by Gasteiger charge is -2.06. The van der Waals surface area contributed by atoms with Crippen LogP contribution in [0.25, 0.3) is 0 Å². The molecule has 0 atom stereocenters. The molecule has 0 bridgehead atoms. The fourth-order valence-electron chi connectivity index (χ4n) is 1.07. The number of aromatic carboxylic acids is 1. The molecule has 12 heteroatoms. The maximum absolute atomic E-state index is 11.2. The number of hydrogen-bond acceptors (Lipinski definition) is 5. The lowest BCUT2D eigenvalue weighted by molar-refractivity contribution is -0.221. The first-order valence-corrected chi connectivity index (χ1v) is 5.66. The quantitative estimate of drug-likeness (QED) is 0.344. The fourth-order valence-corrected chi connectivity index (χ4v) is 1.07. The van der Waals surface area contributed by atoms with E-state index < -0.39 is 30.3 Å². The summed E-state index contributed by atoms with van der Waals surface area (Å²) >= 11 is 0. The highest BCUT2D eigenvalue weighted by Crippen LogP contribution is 2.21. The largest absolute Gasteiger partial charge is 0.491 e. The predicted molar refractivity (Wildman–Crippen MR) is 65.8 cm³/mol. The maximum atomic E-state index is 11.2. The van der Waals surface area contributed by atoms with E-state index in [0.717, 1.165) is 5.56 Å². The zero-order valence-corrected chi connectivity index (χ0v) is 11.7. The minimum atomic E-state index is -5.62. The number of rotatable bonds is 1. The zero-order chi connectivity index (χ0) is 19.3. The number of esters is 2. The third kappa shape index (κ3) is 6.54. The second-order valence-electron chi connectivity index (χ2n) is 4.01. The molecule has 0 spiro atoms. The van der Waals surface area contributed by atoms with Crippen molar-refractivity contribution in [2.75, 3.05) is 5.73 Å². The summed E-state index contributed by atoms with van der Waals surface area (Å²) in [4.78, 5) is 29.8. The van der Waals surface area contributed by atoms with Crippen LogP contribution in [0, 0.1) is 6.92 Å². The number of carbonyl (C=O) groups excluding carboxylic acids is 2. The smallest absolute Gasteiger partial charge is 0.478 e. The van der Waals surface area contributed by atoms with Gasteiger partial charge in [-0.1, -0.05) is 12.1 Å². The molecule has 0 aliphatic carbocycles. The van der Waals surface area contributed by atoms with Gasteiger partial charge in [0.05, 0.1) is 5.56 Å². The van der Waals surface area contributed by atoms with Crippen molar-refractivity contribution in [3.05, 3.63) is 29.3 Å². The Morgan fingerprint density at radius 2 is 1.42 bits per heavy atom. The normalized spacial score (nSPS) is 11.1. The van der Waals surface area contributed by atoms with Crippen molar-refractivity contribution in [3.8, 4) is 0 Å². The highest BCUT2D eigenvalue weighted by molar-refractivity contribution is 5.94. The third-order valence-electron chi connectivity index (χ3n) is 2.20. The van der Waals surface area contributed by atoms with Gasteiger partial charge in [-0.05, 0) is 18.6 Å². The SMILES string of the molecule is Cc1cccc(C(=O)O)c1N.O=C(OC(=O)C(F)(F)F)C(F)(F)F. The van der Waals surface area contributed by atoms with Crippen molar-refractivity contribution in [1.82, 2.24) is 0 Å². The Balaban J connectivity index is 0.000000446. The molecule has 0 aliphatic heterocycles. The molecule has 134 valence electrons. The second-order valence-corrected chi connectivity index (χ2v) is 4.01. The lowest BCUT2D eigenvalue weighted by atomic mass is 10.1. The van der Waals surface area contributed by atoms with Crippen LogP contribution in [-0.2, 0) is 14.3 Å². The first-order valence-electron chi connectivity index (χ1n) is 5.66. The zero-order valence-electron chi connectivity index (χ0n) is 11.7. The fraction of sp³-hybridized carbons (Fsp3) is 0.250. The molecule has 6 nitrogen and oxygen atoms in total. The molecular formula is C12H9F6NO5. The highest BCUT2D eigenvalue weighted by atomic mass is 19.4. The molecule has 3 N–H and O–H groups in total. The Hall–Kier alpha value is -2.79. The number of carbonyl (C=O) groups is 3. The van der Waals surface area contributed by atoms with E-state index in [0.29, 0.717) is 5.69 Å². The molecule has 0 saturated carbocycles. The van der Waals surface area contributed by atoms with Crippen molar-refractivity contribution < 1.29 is 50.6 Å². The van der Waals surface area contributed by atoms with Gasteiger partial charge < -0.3 is 15.6 Å². The second kappa shape index (κ2) is 7.66. The van der Waals surface area contributed by atoms with Gasteiger partial charge in [0.25, 0.3) is 0 Å². The topological polar surface area (TPSA) is 107 Å². The minimum absolute atomic E-state index is 0.171. The molecule has 0 amide bonds. The standard InChI is InChI=1S/C8H9NO2.C4F6O3/c1-5-3-2-4-6(7(5)9)8(10)11;5-3(6,7)1(11)13-2(12)4(8,9)10/h2-4H,9H2,1H3,(H,10,11);. The van der Waals surface area contributed by atoms with E-state index in [1.54, 1.807) is 19.1 Å². The van der Waals surface area contributed by atoms with Gasteiger partial charge in [-0.25, -0.2) is 14.4 Å². The average molecular weight is 361 g/mol. The first kappa shape index (κ1) is 21.2. The van der Waals surface area contributed by atoms with Gasteiger partial charge in [0.15, 0.2) is 0 Å². The molecule has 0 unspecified atom stereocenters. The Labute approximate surface area is 129 Å². The molecule has 24 heavy (non-hydrogen) atoms. The number of nitrogen functional groups attached to an aromatic ring is 1. The van der Waals surface area contributed by atoms with Gasteiger partial charge in [0.2, 0.25) is 0 Å². The van der Waals surface area contributed by atoms with Crippen LogP contribution in [0.2, 0.25) is 0 Å². The first-order chi connectivity index (χ1) is 10.7. The average Bonchev–Trinajstić information content (AvgIpc) is 2.40. The molecule has 1 rings (SSSR count). The summed E-state index contributed by atoms with van der Waals surface area (Å²) in [6.07, 6.45) is -11.2. The Kier molecular flexibility index (Phi) is 6.77. The molecule has 0 aliphatic rings. The van der Waals surface area contributed by atoms with E-state index in [1.807, 2.05) is 0 Å². The van der Waals surface area contributed by atoms with Crippen molar-refractivity contribution >= 4 is 23.6 Å². The Morgan fingerprint density at radius 3 is 1.71 bits per heavy atom. The number of hydrogen-bond donors (Lipinski definition) is 2. The summed E-state index contributed by atoms with van der Waals surface area (Å²) < 4.78 is 69.7.